The van der Waals surface area contributed by atoms with E-state index in [-0.39, 0.29) is 31.1 Å². The van der Waals surface area contributed by atoms with Crippen LogP contribution in [0.5, 0.6) is 0 Å². The average molecular weight is 926 g/mol. The second-order valence-electron chi connectivity index (χ2n) is 19.8. The first kappa shape index (κ1) is 47.5. The first-order valence-electron chi connectivity index (χ1n) is 23.5. The van der Waals surface area contributed by atoms with Gasteiger partial charge >= 0.3 is 12.0 Å². The van der Waals surface area contributed by atoms with Crippen molar-refractivity contribution in [3.05, 3.63) is 58.2 Å². The van der Waals surface area contributed by atoms with Crippen LogP contribution in [0.15, 0.2) is 41.9 Å². The van der Waals surface area contributed by atoms with Crippen molar-refractivity contribution >= 4 is 46.1 Å². The van der Waals surface area contributed by atoms with E-state index in [0.29, 0.717) is 57.1 Å². The van der Waals surface area contributed by atoms with E-state index in [4.69, 9.17) is 24.2 Å². The molecule has 6 bridgehead atoms. The molecule has 3 saturated heterocycles. The Kier molecular flexibility index (Phi) is 13.9. The second-order valence-corrected chi connectivity index (χ2v) is 20.7. The van der Waals surface area contributed by atoms with Crippen LogP contribution in [-0.4, -0.2) is 149 Å². The molecule has 4 aromatic rings. The molecule has 0 saturated carbocycles. The van der Waals surface area contributed by atoms with Crippen molar-refractivity contribution < 1.29 is 33.4 Å². The number of nitrogens with one attached hydrogen (secondary N) is 2. The number of likely N-dealkylation sites (N-methyl/N-ethyl adjacent to an activating group) is 2. The minimum atomic E-state index is -1.06. The molecular formula is C49H67N9O7S. The Labute approximate surface area is 392 Å². The first-order chi connectivity index (χ1) is 31.5. The van der Waals surface area contributed by atoms with E-state index in [1.54, 1.807) is 25.3 Å². The molecule has 3 fully saturated rings. The molecular weight excluding hydrogens is 859 g/mol. The molecule has 0 aliphatic carbocycles. The fourth-order valence-electron chi connectivity index (χ4n) is 10.4. The molecule has 66 heavy (non-hydrogen) atoms. The number of fused-ring (bicyclic) bond motifs is 6. The van der Waals surface area contributed by atoms with Gasteiger partial charge in [0, 0.05) is 92.3 Å². The Morgan fingerprint density at radius 3 is 2.65 bits per heavy atom. The Hall–Kier alpha value is -4.94. The number of hydrogen-bond donors (Lipinski definition) is 2. The highest BCUT2D eigenvalue weighted by molar-refractivity contribution is 7.10. The third kappa shape index (κ3) is 9.59. The predicted octanol–water partition coefficient (Wildman–Crippen LogP) is 5.69. The van der Waals surface area contributed by atoms with Crippen molar-refractivity contribution in [2.45, 2.75) is 110 Å². The summed E-state index contributed by atoms with van der Waals surface area (Å²) in [4.78, 5) is 72.8. The predicted molar refractivity (Wildman–Crippen MR) is 253 cm³/mol. The van der Waals surface area contributed by atoms with E-state index < -0.39 is 46.9 Å². The zero-order chi connectivity index (χ0) is 47.1. The molecule has 356 valence electrons. The number of amides is 4. The lowest BCUT2D eigenvalue weighted by molar-refractivity contribution is -0.155. The Balaban J connectivity index is 1.15. The Morgan fingerprint density at radius 1 is 1.12 bits per heavy atom. The van der Waals surface area contributed by atoms with Gasteiger partial charge in [0.1, 0.15) is 18.1 Å². The van der Waals surface area contributed by atoms with Gasteiger partial charge < -0.3 is 38.8 Å². The number of rotatable bonds is 8. The third-order valence-electron chi connectivity index (χ3n) is 13.8. The number of carbonyl (C=O) groups excluding carboxylic acids is 4. The fourth-order valence-corrected chi connectivity index (χ4v) is 11.2. The normalized spacial score (nSPS) is 23.8. The summed E-state index contributed by atoms with van der Waals surface area (Å²) in [6.07, 6.45) is 4.11. The van der Waals surface area contributed by atoms with Gasteiger partial charge in [-0.1, -0.05) is 33.8 Å². The maximum atomic E-state index is 14.7. The Bertz CT molecular complexity index is 2450. The van der Waals surface area contributed by atoms with Crippen molar-refractivity contribution in [1.82, 2.24) is 45.0 Å². The van der Waals surface area contributed by atoms with Crippen LogP contribution in [0.3, 0.4) is 0 Å². The molecule has 4 aliphatic rings. The van der Waals surface area contributed by atoms with Crippen LogP contribution in [0.2, 0.25) is 0 Å². The number of hydrazine groups is 1. The third-order valence-corrected chi connectivity index (χ3v) is 14.7. The van der Waals surface area contributed by atoms with Gasteiger partial charge in [0.15, 0.2) is 0 Å². The van der Waals surface area contributed by atoms with Crippen LogP contribution in [0, 0.1) is 11.3 Å². The zero-order valence-corrected chi connectivity index (χ0v) is 40.8. The van der Waals surface area contributed by atoms with Gasteiger partial charge in [0.2, 0.25) is 5.91 Å². The highest BCUT2D eigenvalue weighted by atomic mass is 32.1. The molecule has 7 heterocycles. The van der Waals surface area contributed by atoms with Crippen LogP contribution >= 0.6 is 11.3 Å². The molecule has 17 heteroatoms. The van der Waals surface area contributed by atoms with Gasteiger partial charge in [-0.25, -0.2) is 15.2 Å². The van der Waals surface area contributed by atoms with Crippen molar-refractivity contribution in [3.63, 3.8) is 0 Å². The van der Waals surface area contributed by atoms with Crippen LogP contribution in [0.1, 0.15) is 83.2 Å². The molecule has 2 N–H and O–H groups in total. The second kappa shape index (κ2) is 19.3. The van der Waals surface area contributed by atoms with Crippen LogP contribution in [0.25, 0.3) is 33.4 Å². The highest BCUT2D eigenvalue weighted by Gasteiger charge is 2.45. The number of methoxy groups -OCH3 is 1. The van der Waals surface area contributed by atoms with E-state index in [2.05, 4.69) is 72.3 Å². The standard InChI is InChI=1S/C49H67N9O7S/c1-10-57-39-16-15-32-23-34(39)35(43(57)33-13-11-18-50-41(33)31(4)63-9)25-48(5,6)29-64-46(61)36-14-12-19-58(53-36)45(60)37(24-40-51-38(32)26-66-40)52-44(59)42(30(2)3)55(8)47(62)56-21-22-65-49(28-56)17-20-54(7)27-49/h11,13,15-16,18,23,26,30-31,36-37,42,53H,10,12,14,17,19-22,24-25,27-29H2,1-9H3,(H,52,59)/t31-,36-,37-,42-,49+/m0/s1. The number of ether oxygens (including phenoxy) is 3. The summed E-state index contributed by atoms with van der Waals surface area (Å²) in [5.74, 6) is -1.56. The van der Waals surface area contributed by atoms with E-state index in [1.165, 1.54) is 21.2 Å². The van der Waals surface area contributed by atoms with Crippen molar-refractivity contribution in [1.29, 1.82) is 0 Å². The van der Waals surface area contributed by atoms with E-state index in [0.717, 1.165) is 64.2 Å². The van der Waals surface area contributed by atoms with Gasteiger partial charge in [0.05, 0.1) is 53.6 Å². The van der Waals surface area contributed by atoms with Crippen LogP contribution < -0.4 is 10.7 Å². The quantitative estimate of drug-likeness (QED) is 0.209. The maximum absolute atomic E-state index is 14.7. The maximum Gasteiger partial charge on any atom is 0.324 e. The van der Waals surface area contributed by atoms with E-state index in [1.807, 2.05) is 32.2 Å². The Morgan fingerprint density at radius 2 is 1.92 bits per heavy atom. The molecule has 3 aromatic heterocycles. The number of benzene rings is 1. The number of nitrogens with zero attached hydrogens (tertiary/aromatic N) is 7. The number of likely N-dealkylation sites (tertiary alicyclic amines) is 1. The number of carbonyl (C=O) groups is 4. The average Bonchev–Trinajstić information content (AvgIpc) is 4.01. The number of morpholine rings is 1. The summed E-state index contributed by atoms with van der Waals surface area (Å²) >= 11 is 1.43. The first-order valence-corrected chi connectivity index (χ1v) is 24.4. The van der Waals surface area contributed by atoms with E-state index >= 15 is 0 Å². The molecule has 0 radical (unpaired) electrons. The molecule has 1 spiro atoms. The van der Waals surface area contributed by atoms with Gasteiger partial charge in [-0.05, 0) is 82.3 Å². The topological polar surface area (TPSA) is 164 Å². The monoisotopic (exact) mass is 925 g/mol. The molecule has 16 nitrogen and oxygen atoms in total. The summed E-state index contributed by atoms with van der Waals surface area (Å²) in [7, 11) is 5.41. The van der Waals surface area contributed by atoms with Crippen LogP contribution in [0.4, 0.5) is 4.79 Å². The van der Waals surface area contributed by atoms with Crippen molar-refractivity contribution in [2.24, 2.45) is 11.3 Å². The molecule has 0 unspecified atom stereocenters. The summed E-state index contributed by atoms with van der Waals surface area (Å²) < 4.78 is 20.5. The number of pyridine rings is 1. The van der Waals surface area contributed by atoms with Gasteiger partial charge in [0.25, 0.3) is 5.91 Å². The van der Waals surface area contributed by atoms with Gasteiger partial charge in [-0.3, -0.25) is 24.4 Å². The summed E-state index contributed by atoms with van der Waals surface area (Å²) in [5.41, 5.74) is 8.96. The minimum Gasteiger partial charge on any atom is -0.464 e. The summed E-state index contributed by atoms with van der Waals surface area (Å²) in [5, 5.41) is 8.23. The number of hydrogen-bond acceptors (Lipinski definition) is 12. The number of thiazole rings is 1. The number of urea groups is 1. The largest absolute Gasteiger partial charge is 0.464 e. The zero-order valence-electron chi connectivity index (χ0n) is 40.0. The molecule has 5 atom stereocenters. The smallest absolute Gasteiger partial charge is 0.324 e. The minimum absolute atomic E-state index is 0.101. The van der Waals surface area contributed by atoms with Gasteiger partial charge in [-0.15, -0.1) is 11.3 Å². The van der Waals surface area contributed by atoms with E-state index in [9.17, 15) is 19.2 Å². The number of aryl methyl sites for hydroxylation is 1. The number of cyclic esters (lactones) is 1. The lowest BCUT2D eigenvalue weighted by Crippen LogP contribution is -2.63. The molecule has 8 rings (SSSR count). The number of esters is 1. The van der Waals surface area contributed by atoms with Gasteiger partial charge in [-0.2, -0.15) is 0 Å². The fraction of sp³-hybridized carbons (Fsp3) is 0.592. The van der Waals surface area contributed by atoms with Crippen molar-refractivity contribution in [2.75, 3.05) is 67.1 Å². The van der Waals surface area contributed by atoms with Crippen LogP contribution in [-0.2, 0) is 48.0 Å². The summed E-state index contributed by atoms with van der Waals surface area (Å²) in [6, 6.07) is 7.51. The summed E-state index contributed by atoms with van der Waals surface area (Å²) in [6.45, 7) is 16.3. The lowest BCUT2D eigenvalue weighted by Gasteiger charge is -2.43. The molecule has 4 amide bonds. The highest BCUT2D eigenvalue weighted by Crippen LogP contribution is 2.42. The molecule has 4 aliphatic heterocycles. The lowest BCUT2D eigenvalue weighted by atomic mass is 9.84. The molecule has 1 aromatic carbocycles. The van der Waals surface area contributed by atoms with Crippen molar-refractivity contribution in [3.8, 4) is 22.5 Å². The SMILES string of the molecule is CCn1c(-c2cccnc2[C@H](C)OC)c2c3cc(ccc31)-c1csc(n1)C[C@H](NC(=O)[C@H](C(C)C)N(C)C(=O)N1CCO[C@@]3(CCN(C)C3)C1)C(=O)N1CCC[C@H](N1)C(=O)OCC(C)(C)C2. The number of aromatic nitrogens is 3.